The fraction of sp³-hybridized carbons (Fsp3) is 0.0909. The molecule has 1 heterocycles. The van der Waals surface area contributed by atoms with Gasteiger partial charge in [-0.15, -0.1) is 11.3 Å². The van der Waals surface area contributed by atoms with E-state index in [1.807, 2.05) is 6.92 Å². The molecule has 102 valence electrons. The van der Waals surface area contributed by atoms with Crippen LogP contribution in [0, 0.1) is 6.92 Å². The fourth-order valence-corrected chi connectivity index (χ4v) is 5.07. The minimum Gasteiger partial charge on any atom is -0.279 e. The van der Waals surface area contributed by atoms with Gasteiger partial charge < -0.3 is 0 Å². The second-order valence-corrected chi connectivity index (χ2v) is 9.30. The third kappa shape index (κ3) is 3.52. The third-order valence-corrected chi connectivity index (χ3v) is 7.52. The van der Waals surface area contributed by atoms with E-state index in [0.29, 0.717) is 14.5 Å². The molecule has 0 unspecified atom stereocenters. The number of rotatable bonds is 3. The summed E-state index contributed by atoms with van der Waals surface area (Å²) < 4.78 is 28.6. The van der Waals surface area contributed by atoms with Crippen molar-refractivity contribution in [1.82, 2.24) is 0 Å². The molecule has 0 aliphatic rings. The van der Waals surface area contributed by atoms with Crippen molar-refractivity contribution in [2.75, 3.05) is 4.72 Å². The summed E-state index contributed by atoms with van der Waals surface area (Å²) >= 11 is 13.5. The number of thiophene rings is 1. The second kappa shape index (κ2) is 5.73. The SMILES string of the molecule is Cc1cc(NS(=O)(=O)c2cc(Cl)c(Br)s2)ccc1Br. The standard InChI is InChI=1S/C11H8Br2ClNO2S2/c1-6-4-7(2-3-8(6)12)15-19(16,17)10-5-9(14)11(13)18-10/h2-5,15H,1H3. The summed E-state index contributed by atoms with van der Waals surface area (Å²) in [7, 11) is -3.61. The highest BCUT2D eigenvalue weighted by molar-refractivity contribution is 9.11. The molecule has 0 saturated carbocycles. The molecule has 0 saturated heterocycles. The van der Waals surface area contributed by atoms with Crippen molar-refractivity contribution >= 4 is 70.5 Å². The Hall–Kier alpha value is -0.0800. The van der Waals surface area contributed by atoms with Crippen molar-refractivity contribution in [2.24, 2.45) is 0 Å². The van der Waals surface area contributed by atoms with Crippen LogP contribution in [-0.2, 0) is 10.0 Å². The van der Waals surface area contributed by atoms with Crippen LogP contribution in [0.4, 0.5) is 5.69 Å². The van der Waals surface area contributed by atoms with Crippen LogP contribution in [0.3, 0.4) is 0 Å². The first-order valence-corrected chi connectivity index (χ1v) is 9.30. The average molecular weight is 446 g/mol. The van der Waals surface area contributed by atoms with Gasteiger partial charge in [-0.25, -0.2) is 8.42 Å². The summed E-state index contributed by atoms with van der Waals surface area (Å²) in [6.07, 6.45) is 0. The van der Waals surface area contributed by atoms with Gasteiger partial charge in [0.1, 0.15) is 4.21 Å². The Bertz CT molecular complexity index is 709. The zero-order chi connectivity index (χ0) is 14.2. The highest BCUT2D eigenvalue weighted by atomic mass is 79.9. The van der Waals surface area contributed by atoms with Crippen molar-refractivity contribution in [3.05, 3.63) is 43.1 Å². The quantitative estimate of drug-likeness (QED) is 0.720. The largest absolute Gasteiger partial charge is 0.279 e. The number of hydrogen-bond acceptors (Lipinski definition) is 3. The lowest BCUT2D eigenvalue weighted by atomic mass is 10.2. The van der Waals surface area contributed by atoms with Crippen LogP contribution >= 0.6 is 54.8 Å². The van der Waals surface area contributed by atoms with Gasteiger partial charge in [0, 0.05) is 10.2 Å². The minimum absolute atomic E-state index is 0.171. The Balaban J connectivity index is 2.33. The topological polar surface area (TPSA) is 46.2 Å². The number of nitrogens with one attached hydrogen (secondary N) is 1. The van der Waals surface area contributed by atoms with Gasteiger partial charge in [0.25, 0.3) is 10.0 Å². The lowest BCUT2D eigenvalue weighted by Gasteiger charge is -2.07. The van der Waals surface area contributed by atoms with Gasteiger partial charge in [-0.3, -0.25) is 4.72 Å². The maximum absolute atomic E-state index is 12.2. The molecule has 0 bridgehead atoms. The first-order chi connectivity index (χ1) is 8.79. The minimum atomic E-state index is -3.61. The number of sulfonamides is 1. The van der Waals surface area contributed by atoms with E-state index in [1.165, 1.54) is 6.07 Å². The molecule has 1 N–H and O–H groups in total. The second-order valence-electron chi connectivity index (χ2n) is 3.76. The van der Waals surface area contributed by atoms with E-state index < -0.39 is 10.0 Å². The number of benzene rings is 1. The van der Waals surface area contributed by atoms with E-state index in [1.54, 1.807) is 18.2 Å². The van der Waals surface area contributed by atoms with Gasteiger partial charge in [-0.05, 0) is 52.7 Å². The molecule has 3 nitrogen and oxygen atoms in total. The first kappa shape index (κ1) is 15.3. The molecule has 2 rings (SSSR count). The van der Waals surface area contributed by atoms with Crippen molar-refractivity contribution in [1.29, 1.82) is 0 Å². The average Bonchev–Trinajstić information content (AvgIpc) is 2.65. The molecule has 1 aromatic heterocycles. The lowest BCUT2D eigenvalue weighted by molar-refractivity contribution is 0.603. The number of hydrogen-bond donors (Lipinski definition) is 1. The molecule has 0 radical (unpaired) electrons. The normalized spacial score (nSPS) is 11.6. The molecule has 0 atom stereocenters. The summed E-state index contributed by atoms with van der Waals surface area (Å²) in [5.41, 5.74) is 1.46. The Morgan fingerprint density at radius 2 is 1.95 bits per heavy atom. The van der Waals surface area contributed by atoms with Crippen molar-refractivity contribution in [2.45, 2.75) is 11.1 Å². The maximum Gasteiger partial charge on any atom is 0.271 e. The monoisotopic (exact) mass is 443 g/mol. The van der Waals surface area contributed by atoms with Gasteiger partial charge in [0.05, 0.1) is 8.81 Å². The molecule has 0 fully saturated rings. The summed E-state index contributed by atoms with van der Waals surface area (Å²) in [4.78, 5) is 0. The highest BCUT2D eigenvalue weighted by Crippen LogP contribution is 2.35. The van der Waals surface area contributed by atoms with Crippen molar-refractivity contribution < 1.29 is 8.42 Å². The van der Waals surface area contributed by atoms with E-state index in [4.69, 9.17) is 11.6 Å². The molecule has 8 heteroatoms. The zero-order valence-corrected chi connectivity index (χ0v) is 15.1. The molecule has 0 aliphatic carbocycles. The van der Waals surface area contributed by atoms with Crippen LogP contribution in [0.25, 0.3) is 0 Å². The predicted molar refractivity (Wildman–Crippen MR) is 86.7 cm³/mol. The maximum atomic E-state index is 12.2. The van der Waals surface area contributed by atoms with Crippen molar-refractivity contribution in [3.63, 3.8) is 0 Å². The molecule has 1 aromatic carbocycles. The number of halogens is 3. The number of anilines is 1. The third-order valence-electron chi connectivity index (χ3n) is 2.30. The Labute approximate surface area is 137 Å². The molecule has 0 aliphatic heterocycles. The van der Waals surface area contributed by atoms with Crippen molar-refractivity contribution in [3.8, 4) is 0 Å². The van der Waals surface area contributed by atoms with Gasteiger partial charge in [0.2, 0.25) is 0 Å². The molecular weight excluding hydrogens is 438 g/mol. The highest BCUT2D eigenvalue weighted by Gasteiger charge is 2.19. The Morgan fingerprint density at radius 1 is 1.26 bits per heavy atom. The Morgan fingerprint density at radius 3 is 2.47 bits per heavy atom. The summed E-state index contributed by atoms with van der Waals surface area (Å²) in [6, 6.07) is 6.67. The van der Waals surface area contributed by atoms with Crippen LogP contribution in [0.1, 0.15) is 5.56 Å². The molecule has 0 spiro atoms. The first-order valence-electron chi connectivity index (χ1n) is 5.03. The van der Waals surface area contributed by atoms with Gasteiger partial charge >= 0.3 is 0 Å². The molecule has 0 amide bonds. The molecule has 19 heavy (non-hydrogen) atoms. The number of aryl methyl sites for hydroxylation is 1. The fourth-order valence-electron chi connectivity index (χ4n) is 1.37. The summed E-state index contributed by atoms with van der Waals surface area (Å²) in [6.45, 7) is 1.89. The van der Waals surface area contributed by atoms with Crippen LogP contribution in [0.5, 0.6) is 0 Å². The van der Waals surface area contributed by atoms with Crippen LogP contribution in [-0.4, -0.2) is 8.42 Å². The lowest BCUT2D eigenvalue weighted by Crippen LogP contribution is -2.11. The van der Waals surface area contributed by atoms with Gasteiger partial charge in [0.15, 0.2) is 0 Å². The van der Waals surface area contributed by atoms with E-state index in [-0.39, 0.29) is 4.21 Å². The van der Waals surface area contributed by atoms with E-state index in [0.717, 1.165) is 21.4 Å². The Kier molecular flexibility index (Phi) is 4.62. The van der Waals surface area contributed by atoms with E-state index in [2.05, 4.69) is 36.6 Å². The predicted octanol–water partition coefficient (Wildman–Crippen LogP) is 5.04. The zero-order valence-electron chi connectivity index (χ0n) is 9.58. The molecular formula is C11H8Br2ClNO2S2. The van der Waals surface area contributed by atoms with Crippen LogP contribution < -0.4 is 4.72 Å². The van der Waals surface area contributed by atoms with E-state index in [9.17, 15) is 8.42 Å². The van der Waals surface area contributed by atoms with E-state index >= 15 is 0 Å². The van der Waals surface area contributed by atoms with Crippen LogP contribution in [0.2, 0.25) is 5.02 Å². The summed E-state index contributed by atoms with van der Waals surface area (Å²) in [5.74, 6) is 0. The smallest absolute Gasteiger partial charge is 0.271 e. The van der Waals surface area contributed by atoms with Gasteiger partial charge in [-0.2, -0.15) is 0 Å². The molecule has 2 aromatic rings. The summed E-state index contributed by atoms with van der Waals surface area (Å²) in [5, 5.41) is 0.386. The van der Waals surface area contributed by atoms with Crippen LogP contribution in [0.15, 0.2) is 36.7 Å². The van der Waals surface area contributed by atoms with Gasteiger partial charge in [-0.1, -0.05) is 27.5 Å².